The van der Waals surface area contributed by atoms with Crippen molar-refractivity contribution in [1.82, 2.24) is 9.78 Å². The first-order chi connectivity index (χ1) is 8.61. The molecule has 0 aliphatic carbocycles. The van der Waals surface area contributed by atoms with Crippen molar-refractivity contribution in [3.05, 3.63) is 47.3 Å². The number of carbonyl (C=O) groups excluding carboxylic acids is 1. The van der Waals surface area contributed by atoms with Crippen LogP contribution in [0, 0.1) is 0 Å². The van der Waals surface area contributed by atoms with Crippen LogP contribution >= 0.6 is 0 Å². The van der Waals surface area contributed by atoms with Gasteiger partial charge >= 0.3 is 0 Å². The molecule has 1 aromatic carbocycles. The lowest BCUT2D eigenvalue weighted by molar-refractivity contribution is 0.111. The summed E-state index contributed by atoms with van der Waals surface area (Å²) in [6, 6.07) is 9.19. The second-order valence-corrected chi connectivity index (χ2v) is 6.27. The number of hydrogen-bond donors (Lipinski definition) is 0. The number of benzene rings is 1. The topological polar surface area (TPSA) is 69.0 Å². The molecule has 0 saturated carbocycles. The van der Waals surface area contributed by atoms with Crippen molar-refractivity contribution in [2.24, 2.45) is 0 Å². The molecule has 0 saturated heterocycles. The van der Waals surface area contributed by atoms with Crippen LogP contribution < -0.4 is 0 Å². The van der Waals surface area contributed by atoms with Crippen molar-refractivity contribution in [1.29, 1.82) is 0 Å². The zero-order valence-electron chi connectivity index (χ0n) is 9.41. The van der Waals surface area contributed by atoms with Gasteiger partial charge in [0.05, 0.1) is 22.9 Å². The minimum atomic E-state index is -3.13. The second kappa shape index (κ2) is 3.78. The molecule has 92 valence electrons. The summed E-state index contributed by atoms with van der Waals surface area (Å²) < 4.78 is 24.5. The van der Waals surface area contributed by atoms with E-state index in [2.05, 4.69) is 5.10 Å². The van der Waals surface area contributed by atoms with Crippen LogP contribution in [0.15, 0.2) is 30.3 Å². The Bertz CT molecular complexity index is 717. The van der Waals surface area contributed by atoms with E-state index in [1.807, 2.05) is 30.3 Å². The van der Waals surface area contributed by atoms with E-state index in [1.165, 1.54) is 4.68 Å². The number of aromatic nitrogens is 2. The van der Waals surface area contributed by atoms with Gasteiger partial charge in [-0.3, -0.25) is 4.79 Å². The number of hydrogen-bond acceptors (Lipinski definition) is 4. The Morgan fingerprint density at radius 3 is 2.56 bits per heavy atom. The van der Waals surface area contributed by atoms with Crippen molar-refractivity contribution in [3.8, 4) is 5.69 Å². The van der Waals surface area contributed by atoms with Crippen LogP contribution in [0.5, 0.6) is 0 Å². The van der Waals surface area contributed by atoms with Crippen molar-refractivity contribution in [2.45, 2.75) is 11.5 Å². The molecule has 0 fully saturated rings. The van der Waals surface area contributed by atoms with Gasteiger partial charge in [0.15, 0.2) is 16.1 Å². The molecule has 5 nitrogen and oxygen atoms in total. The van der Waals surface area contributed by atoms with Gasteiger partial charge in [-0.2, -0.15) is 5.10 Å². The Hall–Kier alpha value is -1.95. The van der Waals surface area contributed by atoms with Gasteiger partial charge in [-0.05, 0) is 12.1 Å². The molecule has 0 N–H and O–H groups in total. The zero-order valence-corrected chi connectivity index (χ0v) is 10.2. The van der Waals surface area contributed by atoms with Crippen LogP contribution in [-0.4, -0.2) is 24.5 Å². The van der Waals surface area contributed by atoms with Crippen LogP contribution in [0.2, 0.25) is 0 Å². The first-order valence-corrected chi connectivity index (χ1v) is 7.25. The molecule has 1 aliphatic rings. The summed E-state index contributed by atoms with van der Waals surface area (Å²) in [6.07, 6.45) is 0.666. The standard InChI is InChI=1S/C12H10N2O3S/c15-6-12-10-7-18(16,17)8-11(10)13-14(12)9-4-2-1-3-5-9/h1-6H,7-8H2. The summed E-state index contributed by atoms with van der Waals surface area (Å²) in [4.78, 5) is 11.2. The molecule has 6 heteroatoms. The van der Waals surface area contributed by atoms with Gasteiger partial charge in [0.2, 0.25) is 0 Å². The molecular weight excluding hydrogens is 252 g/mol. The van der Waals surface area contributed by atoms with Crippen LogP contribution in [0.3, 0.4) is 0 Å². The summed E-state index contributed by atoms with van der Waals surface area (Å²) in [7, 11) is -3.13. The Balaban J connectivity index is 2.19. The fourth-order valence-electron chi connectivity index (χ4n) is 2.15. The molecule has 1 aliphatic heterocycles. The van der Waals surface area contributed by atoms with Crippen LogP contribution in [0.4, 0.5) is 0 Å². The van der Waals surface area contributed by atoms with Gasteiger partial charge in [0.1, 0.15) is 5.69 Å². The molecule has 0 amide bonds. The van der Waals surface area contributed by atoms with Gasteiger partial charge < -0.3 is 0 Å². The highest BCUT2D eigenvalue weighted by atomic mass is 32.2. The Morgan fingerprint density at radius 1 is 1.17 bits per heavy atom. The van der Waals surface area contributed by atoms with Crippen LogP contribution in [-0.2, 0) is 21.3 Å². The Labute approximate surface area is 104 Å². The van der Waals surface area contributed by atoms with Gasteiger partial charge in [-0.15, -0.1) is 0 Å². The van der Waals surface area contributed by atoms with Crippen molar-refractivity contribution in [2.75, 3.05) is 0 Å². The number of nitrogens with zero attached hydrogens (tertiary/aromatic N) is 2. The molecule has 0 atom stereocenters. The van der Waals surface area contributed by atoms with Gasteiger partial charge in [-0.1, -0.05) is 18.2 Å². The fraction of sp³-hybridized carbons (Fsp3) is 0.167. The molecule has 0 unspecified atom stereocenters. The number of sulfone groups is 1. The Morgan fingerprint density at radius 2 is 1.89 bits per heavy atom. The quantitative estimate of drug-likeness (QED) is 0.760. The predicted molar refractivity (Wildman–Crippen MR) is 65.3 cm³/mol. The first kappa shape index (κ1) is 11.2. The van der Waals surface area contributed by atoms with E-state index in [9.17, 15) is 13.2 Å². The van der Waals surface area contributed by atoms with Gasteiger partial charge in [0.25, 0.3) is 0 Å². The average Bonchev–Trinajstić information content (AvgIpc) is 2.81. The van der Waals surface area contributed by atoms with E-state index >= 15 is 0 Å². The third kappa shape index (κ3) is 1.65. The van der Waals surface area contributed by atoms with E-state index < -0.39 is 9.84 Å². The molecule has 1 aromatic heterocycles. The van der Waals surface area contributed by atoms with E-state index in [0.29, 0.717) is 23.2 Å². The minimum Gasteiger partial charge on any atom is -0.296 e. The molecule has 0 spiro atoms. The summed E-state index contributed by atoms with van der Waals surface area (Å²) in [6.45, 7) is 0. The largest absolute Gasteiger partial charge is 0.296 e. The molecule has 0 radical (unpaired) electrons. The first-order valence-electron chi connectivity index (χ1n) is 5.42. The van der Waals surface area contributed by atoms with E-state index in [0.717, 1.165) is 5.69 Å². The maximum atomic E-state index is 11.5. The molecule has 3 rings (SSSR count). The average molecular weight is 262 g/mol. The fourth-order valence-corrected chi connectivity index (χ4v) is 3.66. The summed E-state index contributed by atoms with van der Waals surface area (Å²) in [5, 5.41) is 4.23. The zero-order chi connectivity index (χ0) is 12.8. The molecular formula is C12H10N2O3S. The number of rotatable bonds is 2. The monoisotopic (exact) mass is 262 g/mol. The third-order valence-electron chi connectivity index (χ3n) is 2.94. The van der Waals surface area contributed by atoms with Crippen molar-refractivity contribution >= 4 is 16.1 Å². The SMILES string of the molecule is O=Cc1c2c(nn1-c1ccccc1)CS(=O)(=O)C2. The van der Waals surface area contributed by atoms with E-state index in [1.54, 1.807) is 0 Å². The van der Waals surface area contributed by atoms with Crippen molar-refractivity contribution < 1.29 is 13.2 Å². The lowest BCUT2D eigenvalue weighted by Gasteiger charge is -2.04. The van der Waals surface area contributed by atoms with E-state index in [-0.39, 0.29) is 11.5 Å². The summed E-state index contributed by atoms with van der Waals surface area (Å²) >= 11 is 0. The second-order valence-electron chi connectivity index (χ2n) is 4.21. The van der Waals surface area contributed by atoms with Gasteiger partial charge in [-0.25, -0.2) is 13.1 Å². The number of fused-ring (bicyclic) bond motifs is 1. The minimum absolute atomic E-state index is 0.0804. The highest BCUT2D eigenvalue weighted by Gasteiger charge is 2.32. The maximum Gasteiger partial charge on any atom is 0.168 e. The lowest BCUT2D eigenvalue weighted by atomic mass is 10.2. The number of carbonyl (C=O) groups is 1. The predicted octanol–water partition coefficient (Wildman–Crippen LogP) is 1.11. The smallest absolute Gasteiger partial charge is 0.168 e. The van der Waals surface area contributed by atoms with Crippen LogP contribution in [0.1, 0.15) is 21.7 Å². The normalized spacial score (nSPS) is 16.4. The summed E-state index contributed by atoms with van der Waals surface area (Å²) in [5.41, 5.74) is 2.11. The number of para-hydroxylation sites is 1. The third-order valence-corrected chi connectivity index (χ3v) is 4.38. The molecule has 0 bridgehead atoms. The van der Waals surface area contributed by atoms with Gasteiger partial charge in [0, 0.05) is 5.56 Å². The highest BCUT2D eigenvalue weighted by Crippen LogP contribution is 2.28. The molecule has 2 aromatic rings. The number of aldehydes is 1. The molecule has 18 heavy (non-hydrogen) atoms. The highest BCUT2D eigenvalue weighted by molar-refractivity contribution is 7.90. The van der Waals surface area contributed by atoms with Crippen LogP contribution in [0.25, 0.3) is 5.69 Å². The summed E-state index contributed by atoms with van der Waals surface area (Å²) in [5.74, 6) is -0.174. The Kier molecular flexibility index (Phi) is 2.34. The van der Waals surface area contributed by atoms with Crippen molar-refractivity contribution in [3.63, 3.8) is 0 Å². The van der Waals surface area contributed by atoms with E-state index in [4.69, 9.17) is 0 Å². The maximum absolute atomic E-state index is 11.5. The lowest BCUT2D eigenvalue weighted by Crippen LogP contribution is -2.06. The molecule has 2 heterocycles.